The molecule has 0 amide bonds. The number of pyridine rings is 1. The maximum absolute atomic E-state index is 5.82. The van der Waals surface area contributed by atoms with Gasteiger partial charge in [-0.15, -0.1) is 0 Å². The van der Waals surface area contributed by atoms with Crippen LogP contribution in [0.3, 0.4) is 0 Å². The van der Waals surface area contributed by atoms with E-state index in [0.29, 0.717) is 24.4 Å². The summed E-state index contributed by atoms with van der Waals surface area (Å²) in [5.74, 6) is 1.15. The number of hydrogen-bond donors (Lipinski definition) is 0. The van der Waals surface area contributed by atoms with Crippen LogP contribution in [0.15, 0.2) is 53.1 Å². The molecule has 1 saturated heterocycles. The molecule has 1 aromatic carbocycles. The number of benzene rings is 1. The molecule has 0 aliphatic carbocycles. The van der Waals surface area contributed by atoms with E-state index in [1.54, 1.807) is 6.20 Å². The molecular formula is C17H17N3O2. The first-order valence-corrected chi connectivity index (χ1v) is 7.53. The summed E-state index contributed by atoms with van der Waals surface area (Å²) in [4.78, 5) is 10.9. The van der Waals surface area contributed by atoms with Gasteiger partial charge in [-0.1, -0.05) is 18.2 Å². The zero-order chi connectivity index (χ0) is 14.8. The predicted octanol–water partition coefficient (Wildman–Crippen LogP) is 3.13. The summed E-state index contributed by atoms with van der Waals surface area (Å²) >= 11 is 0. The summed E-state index contributed by atoms with van der Waals surface area (Å²) in [6.45, 7) is 2.52. The molecule has 5 nitrogen and oxygen atoms in total. The summed E-state index contributed by atoms with van der Waals surface area (Å²) in [7, 11) is 0. The summed E-state index contributed by atoms with van der Waals surface area (Å²) in [6.07, 6.45) is 2.82. The molecule has 0 saturated carbocycles. The average molecular weight is 295 g/mol. The van der Waals surface area contributed by atoms with E-state index >= 15 is 0 Å². The molecule has 3 aromatic rings. The molecule has 4 rings (SSSR count). The van der Waals surface area contributed by atoms with E-state index in [9.17, 15) is 0 Å². The van der Waals surface area contributed by atoms with Crippen molar-refractivity contribution in [2.24, 2.45) is 5.92 Å². The monoisotopic (exact) mass is 295 g/mol. The third-order valence-electron chi connectivity index (χ3n) is 3.94. The first-order chi connectivity index (χ1) is 10.9. The van der Waals surface area contributed by atoms with Gasteiger partial charge in [-0.05, 0) is 24.6 Å². The van der Waals surface area contributed by atoms with Crippen molar-refractivity contribution in [1.82, 2.24) is 9.97 Å². The van der Waals surface area contributed by atoms with Crippen molar-refractivity contribution < 1.29 is 9.15 Å². The Labute approximate surface area is 128 Å². The molecule has 5 heteroatoms. The van der Waals surface area contributed by atoms with Gasteiger partial charge in [-0.25, -0.2) is 4.98 Å². The van der Waals surface area contributed by atoms with Gasteiger partial charge >= 0.3 is 0 Å². The van der Waals surface area contributed by atoms with Crippen LogP contribution in [0.4, 0.5) is 6.01 Å². The molecule has 0 spiro atoms. The summed E-state index contributed by atoms with van der Waals surface area (Å²) < 4.78 is 11.6. The van der Waals surface area contributed by atoms with Crippen molar-refractivity contribution in [3.8, 4) is 5.88 Å². The van der Waals surface area contributed by atoms with Crippen LogP contribution in [-0.4, -0.2) is 29.7 Å². The van der Waals surface area contributed by atoms with Crippen LogP contribution >= 0.6 is 0 Å². The second-order valence-electron chi connectivity index (χ2n) is 5.54. The Bertz CT molecular complexity index is 724. The second kappa shape index (κ2) is 5.67. The van der Waals surface area contributed by atoms with Crippen LogP contribution < -0.4 is 9.64 Å². The zero-order valence-electron chi connectivity index (χ0n) is 12.2. The van der Waals surface area contributed by atoms with Crippen LogP contribution in [0.1, 0.15) is 6.42 Å². The number of hydrogen-bond acceptors (Lipinski definition) is 5. The second-order valence-corrected chi connectivity index (χ2v) is 5.54. The highest BCUT2D eigenvalue weighted by atomic mass is 16.5. The number of aromatic nitrogens is 2. The fourth-order valence-electron chi connectivity index (χ4n) is 2.77. The zero-order valence-corrected chi connectivity index (χ0v) is 12.2. The van der Waals surface area contributed by atoms with Gasteiger partial charge in [0.15, 0.2) is 5.58 Å². The quantitative estimate of drug-likeness (QED) is 0.740. The third kappa shape index (κ3) is 2.62. The number of nitrogens with zero attached hydrogens (tertiary/aromatic N) is 3. The third-order valence-corrected chi connectivity index (χ3v) is 3.94. The molecule has 3 heterocycles. The van der Waals surface area contributed by atoms with Gasteiger partial charge < -0.3 is 14.1 Å². The van der Waals surface area contributed by atoms with Crippen molar-refractivity contribution in [1.29, 1.82) is 0 Å². The van der Waals surface area contributed by atoms with E-state index in [4.69, 9.17) is 9.15 Å². The summed E-state index contributed by atoms with van der Waals surface area (Å²) in [6, 6.07) is 14.3. The number of rotatable bonds is 4. The molecule has 0 bridgehead atoms. The lowest BCUT2D eigenvalue weighted by Crippen LogP contribution is -2.22. The highest BCUT2D eigenvalue weighted by Gasteiger charge is 2.26. The standard InChI is InChI=1S/C17H17N3O2/c1-2-6-15-14(5-1)19-17(22-15)20-10-8-13(11-20)12-21-16-7-3-4-9-18-16/h1-7,9,13H,8,10-12H2. The van der Waals surface area contributed by atoms with Gasteiger partial charge in [0.1, 0.15) is 5.52 Å². The van der Waals surface area contributed by atoms with Crippen LogP contribution in [0.5, 0.6) is 5.88 Å². The minimum Gasteiger partial charge on any atom is -0.477 e. The van der Waals surface area contributed by atoms with E-state index in [0.717, 1.165) is 30.6 Å². The Hall–Kier alpha value is -2.56. The van der Waals surface area contributed by atoms with Crippen LogP contribution in [0.2, 0.25) is 0 Å². The van der Waals surface area contributed by atoms with Crippen LogP contribution in [0.25, 0.3) is 11.1 Å². The highest BCUT2D eigenvalue weighted by Crippen LogP contribution is 2.27. The molecule has 1 atom stereocenters. The van der Waals surface area contributed by atoms with Crippen molar-refractivity contribution >= 4 is 17.1 Å². The fraction of sp³-hybridized carbons (Fsp3) is 0.294. The van der Waals surface area contributed by atoms with Gasteiger partial charge in [-0.2, -0.15) is 4.98 Å². The van der Waals surface area contributed by atoms with Crippen LogP contribution in [0, 0.1) is 5.92 Å². The molecule has 2 aromatic heterocycles. The number of fused-ring (bicyclic) bond motifs is 1. The van der Waals surface area contributed by atoms with Gasteiger partial charge in [0.2, 0.25) is 5.88 Å². The lowest BCUT2D eigenvalue weighted by Gasteiger charge is -2.14. The average Bonchev–Trinajstić information content (AvgIpc) is 3.20. The van der Waals surface area contributed by atoms with Crippen LogP contribution in [-0.2, 0) is 0 Å². The lowest BCUT2D eigenvalue weighted by atomic mass is 10.1. The molecule has 0 radical (unpaired) electrons. The SMILES string of the molecule is c1ccc(OCC2CCN(c3nc4ccccc4o3)C2)nc1. The van der Waals surface area contributed by atoms with Gasteiger partial charge in [-0.3, -0.25) is 0 Å². The first kappa shape index (κ1) is 13.1. The minimum atomic E-state index is 0.469. The number of ether oxygens (including phenoxy) is 1. The Morgan fingerprint density at radius 3 is 2.95 bits per heavy atom. The fourth-order valence-corrected chi connectivity index (χ4v) is 2.77. The maximum Gasteiger partial charge on any atom is 0.298 e. The molecule has 1 aliphatic heterocycles. The summed E-state index contributed by atoms with van der Waals surface area (Å²) in [5, 5.41) is 0. The highest BCUT2D eigenvalue weighted by molar-refractivity contribution is 5.74. The Morgan fingerprint density at radius 1 is 1.18 bits per heavy atom. The molecule has 112 valence electrons. The number of para-hydroxylation sites is 2. The van der Waals surface area contributed by atoms with Crippen molar-refractivity contribution in [2.45, 2.75) is 6.42 Å². The topological polar surface area (TPSA) is 51.4 Å². The molecule has 1 unspecified atom stereocenters. The lowest BCUT2D eigenvalue weighted by molar-refractivity contribution is 0.252. The number of oxazole rings is 1. The Balaban J connectivity index is 1.39. The summed E-state index contributed by atoms with van der Waals surface area (Å²) in [5.41, 5.74) is 1.75. The van der Waals surface area contributed by atoms with Crippen molar-refractivity contribution in [2.75, 3.05) is 24.6 Å². The van der Waals surface area contributed by atoms with E-state index < -0.39 is 0 Å². The van der Waals surface area contributed by atoms with Gasteiger partial charge in [0, 0.05) is 31.3 Å². The van der Waals surface area contributed by atoms with Crippen molar-refractivity contribution in [3.05, 3.63) is 48.7 Å². The Morgan fingerprint density at radius 2 is 2.09 bits per heavy atom. The van der Waals surface area contributed by atoms with E-state index in [2.05, 4.69) is 14.9 Å². The molecule has 1 fully saturated rings. The maximum atomic E-state index is 5.82. The molecule has 1 aliphatic rings. The predicted molar refractivity (Wildman–Crippen MR) is 84.1 cm³/mol. The molecular weight excluding hydrogens is 278 g/mol. The Kier molecular flexibility index (Phi) is 3.39. The normalized spacial score (nSPS) is 18.0. The molecule has 22 heavy (non-hydrogen) atoms. The smallest absolute Gasteiger partial charge is 0.298 e. The van der Waals surface area contributed by atoms with E-state index in [-0.39, 0.29) is 0 Å². The number of anilines is 1. The largest absolute Gasteiger partial charge is 0.477 e. The van der Waals surface area contributed by atoms with Gasteiger partial charge in [0.25, 0.3) is 6.01 Å². The minimum absolute atomic E-state index is 0.469. The molecule has 0 N–H and O–H groups in total. The van der Waals surface area contributed by atoms with Crippen molar-refractivity contribution in [3.63, 3.8) is 0 Å². The van der Waals surface area contributed by atoms with E-state index in [1.165, 1.54) is 0 Å². The van der Waals surface area contributed by atoms with E-state index in [1.807, 2.05) is 42.5 Å². The first-order valence-electron chi connectivity index (χ1n) is 7.53. The van der Waals surface area contributed by atoms with Gasteiger partial charge in [0.05, 0.1) is 6.61 Å².